The fourth-order valence-corrected chi connectivity index (χ4v) is 3.43. The van der Waals surface area contributed by atoms with Crippen molar-refractivity contribution in [2.45, 2.75) is 12.5 Å². The molecule has 7 heteroatoms. The molecule has 0 unspecified atom stereocenters. The number of imide groups is 1. The Kier molecular flexibility index (Phi) is 3.91. The molecule has 2 saturated heterocycles. The van der Waals surface area contributed by atoms with Gasteiger partial charge in [0.1, 0.15) is 0 Å². The fraction of sp³-hybridized carbons (Fsp3) is 0.357. The molecular formula is C14H13ClN2O3S. The maximum absolute atomic E-state index is 12.1. The molecule has 0 aliphatic carbocycles. The first-order valence-corrected chi connectivity index (χ1v) is 7.92. The van der Waals surface area contributed by atoms with Gasteiger partial charge in [0.05, 0.1) is 18.2 Å². The van der Waals surface area contributed by atoms with Crippen molar-refractivity contribution in [3.05, 3.63) is 34.9 Å². The third-order valence-electron chi connectivity index (χ3n) is 3.66. The smallest absolute Gasteiger partial charge is 0.289 e. The number of rotatable bonds is 3. The summed E-state index contributed by atoms with van der Waals surface area (Å²) in [5, 5.41) is 0.368. The highest BCUT2D eigenvalue weighted by molar-refractivity contribution is 8.14. The second-order valence-electron chi connectivity index (χ2n) is 5.04. The molecular weight excluding hydrogens is 312 g/mol. The van der Waals surface area contributed by atoms with Gasteiger partial charge in [0.2, 0.25) is 11.8 Å². The average Bonchev–Trinajstić information content (AvgIpc) is 2.72. The maximum atomic E-state index is 12.1. The minimum atomic E-state index is -0.205. The van der Waals surface area contributed by atoms with E-state index in [1.165, 1.54) is 4.90 Å². The third kappa shape index (κ3) is 2.78. The molecule has 0 spiro atoms. The maximum Gasteiger partial charge on any atom is 0.289 e. The Bertz CT molecular complexity index is 600. The van der Waals surface area contributed by atoms with Gasteiger partial charge in [0.25, 0.3) is 5.24 Å². The Hall–Kier alpha value is -1.53. The van der Waals surface area contributed by atoms with Gasteiger partial charge in [-0.1, -0.05) is 41.6 Å². The number of likely N-dealkylation sites (tertiary alicyclic amines) is 1. The zero-order chi connectivity index (χ0) is 15.0. The standard InChI is InChI=1S/C14H13ClN2O3S/c15-11-4-2-1-3-9(11)5-12(18)16-6-10(7-16)17-13(19)8-21-14(17)20/h1-4,10H,5-8H2. The highest BCUT2D eigenvalue weighted by atomic mass is 35.5. The highest BCUT2D eigenvalue weighted by Gasteiger charge is 2.43. The van der Waals surface area contributed by atoms with Gasteiger partial charge in [-0.25, -0.2) is 0 Å². The van der Waals surface area contributed by atoms with E-state index in [-0.39, 0.29) is 35.3 Å². The van der Waals surface area contributed by atoms with Crippen LogP contribution in [0.4, 0.5) is 4.79 Å². The number of carbonyl (C=O) groups excluding carboxylic acids is 3. The van der Waals surface area contributed by atoms with Gasteiger partial charge >= 0.3 is 0 Å². The van der Waals surface area contributed by atoms with Gasteiger partial charge < -0.3 is 4.90 Å². The molecule has 0 aromatic heterocycles. The number of thioether (sulfide) groups is 1. The summed E-state index contributed by atoms with van der Waals surface area (Å²) in [5.74, 6) is 0.0161. The zero-order valence-electron chi connectivity index (χ0n) is 11.1. The number of hydrogen-bond acceptors (Lipinski definition) is 4. The van der Waals surface area contributed by atoms with Gasteiger partial charge in [-0.3, -0.25) is 19.3 Å². The normalized spacial score (nSPS) is 19.1. The average molecular weight is 325 g/mol. The predicted octanol–water partition coefficient (Wildman–Crippen LogP) is 1.79. The first kappa shape index (κ1) is 14.4. The molecule has 21 heavy (non-hydrogen) atoms. The fourth-order valence-electron chi connectivity index (χ4n) is 2.46. The SMILES string of the molecule is O=C(Cc1ccccc1Cl)N1CC(N2C(=O)CSC2=O)C1. The quantitative estimate of drug-likeness (QED) is 0.850. The molecule has 0 radical (unpaired) electrons. The number of nitrogens with zero attached hydrogens (tertiary/aromatic N) is 2. The Morgan fingerprint density at radius 1 is 1.29 bits per heavy atom. The van der Waals surface area contributed by atoms with Crippen LogP contribution < -0.4 is 0 Å². The number of halogens is 1. The third-order valence-corrected chi connectivity index (χ3v) is 4.87. The van der Waals surface area contributed by atoms with Gasteiger partial charge in [0.15, 0.2) is 0 Å². The largest absolute Gasteiger partial charge is 0.338 e. The van der Waals surface area contributed by atoms with E-state index in [2.05, 4.69) is 0 Å². The molecule has 1 aromatic rings. The molecule has 2 heterocycles. The minimum absolute atomic E-state index is 0.0360. The Morgan fingerprint density at radius 2 is 2.00 bits per heavy atom. The molecule has 0 saturated carbocycles. The minimum Gasteiger partial charge on any atom is -0.338 e. The molecule has 2 aliphatic rings. The summed E-state index contributed by atoms with van der Waals surface area (Å²) in [6.07, 6.45) is 0.239. The topological polar surface area (TPSA) is 57.7 Å². The van der Waals surface area contributed by atoms with Crippen molar-refractivity contribution in [2.75, 3.05) is 18.8 Å². The Labute approximate surface area is 131 Å². The summed E-state index contributed by atoms with van der Waals surface area (Å²) in [5.41, 5.74) is 0.788. The molecule has 2 aliphatic heterocycles. The van der Waals surface area contributed by atoms with E-state index >= 15 is 0 Å². The molecule has 110 valence electrons. The van der Waals surface area contributed by atoms with E-state index in [4.69, 9.17) is 11.6 Å². The monoisotopic (exact) mass is 324 g/mol. The van der Waals surface area contributed by atoms with E-state index in [9.17, 15) is 14.4 Å². The molecule has 0 N–H and O–H groups in total. The molecule has 3 amide bonds. The van der Waals surface area contributed by atoms with Crippen LogP contribution >= 0.6 is 23.4 Å². The van der Waals surface area contributed by atoms with Crippen molar-refractivity contribution in [2.24, 2.45) is 0 Å². The van der Waals surface area contributed by atoms with E-state index in [0.29, 0.717) is 18.1 Å². The van der Waals surface area contributed by atoms with E-state index in [0.717, 1.165) is 17.3 Å². The van der Waals surface area contributed by atoms with Crippen LogP contribution in [0.3, 0.4) is 0 Å². The summed E-state index contributed by atoms with van der Waals surface area (Å²) in [4.78, 5) is 38.2. The molecule has 0 atom stereocenters. The van der Waals surface area contributed by atoms with Crippen molar-refractivity contribution in [3.8, 4) is 0 Å². The lowest BCUT2D eigenvalue weighted by Crippen LogP contribution is -2.62. The lowest BCUT2D eigenvalue weighted by molar-refractivity contribution is -0.141. The summed E-state index contributed by atoms with van der Waals surface area (Å²) < 4.78 is 0. The number of amides is 3. The Morgan fingerprint density at radius 3 is 2.62 bits per heavy atom. The number of benzene rings is 1. The van der Waals surface area contributed by atoms with Crippen molar-refractivity contribution in [1.29, 1.82) is 0 Å². The second kappa shape index (κ2) is 5.69. The molecule has 0 bridgehead atoms. The van der Waals surface area contributed by atoms with Crippen LogP contribution in [-0.2, 0) is 16.0 Å². The van der Waals surface area contributed by atoms with E-state index in [1.807, 2.05) is 18.2 Å². The molecule has 1 aromatic carbocycles. The summed E-state index contributed by atoms with van der Waals surface area (Å²) in [6.45, 7) is 0.836. The van der Waals surface area contributed by atoms with Crippen LogP contribution in [-0.4, -0.2) is 51.7 Å². The second-order valence-corrected chi connectivity index (χ2v) is 6.37. The summed E-state index contributed by atoms with van der Waals surface area (Å²) >= 11 is 7.06. The molecule has 3 rings (SSSR count). The van der Waals surface area contributed by atoms with Crippen LogP contribution in [0.15, 0.2) is 24.3 Å². The summed E-state index contributed by atoms with van der Waals surface area (Å²) in [7, 11) is 0. The number of hydrogen-bond donors (Lipinski definition) is 0. The van der Waals surface area contributed by atoms with Crippen LogP contribution in [0.1, 0.15) is 5.56 Å². The van der Waals surface area contributed by atoms with Crippen LogP contribution in [0.2, 0.25) is 5.02 Å². The van der Waals surface area contributed by atoms with Gasteiger partial charge in [-0.05, 0) is 11.6 Å². The lowest BCUT2D eigenvalue weighted by Gasteiger charge is -2.42. The van der Waals surface area contributed by atoms with E-state index in [1.54, 1.807) is 11.0 Å². The first-order valence-electron chi connectivity index (χ1n) is 6.56. The van der Waals surface area contributed by atoms with Gasteiger partial charge in [0, 0.05) is 18.1 Å². The Balaban J connectivity index is 1.57. The molecule has 2 fully saturated rings. The van der Waals surface area contributed by atoms with Gasteiger partial charge in [-0.2, -0.15) is 0 Å². The van der Waals surface area contributed by atoms with Crippen molar-refractivity contribution in [3.63, 3.8) is 0 Å². The first-order chi connectivity index (χ1) is 10.1. The van der Waals surface area contributed by atoms with Crippen LogP contribution in [0.5, 0.6) is 0 Å². The summed E-state index contributed by atoms with van der Waals surface area (Å²) in [6, 6.07) is 7.06. The predicted molar refractivity (Wildman–Crippen MR) is 80.2 cm³/mol. The van der Waals surface area contributed by atoms with Crippen molar-refractivity contribution < 1.29 is 14.4 Å². The van der Waals surface area contributed by atoms with Crippen molar-refractivity contribution in [1.82, 2.24) is 9.80 Å². The number of carbonyl (C=O) groups is 3. The van der Waals surface area contributed by atoms with E-state index < -0.39 is 0 Å². The van der Waals surface area contributed by atoms with Crippen LogP contribution in [0.25, 0.3) is 0 Å². The van der Waals surface area contributed by atoms with Crippen molar-refractivity contribution >= 4 is 40.4 Å². The van der Waals surface area contributed by atoms with Gasteiger partial charge in [-0.15, -0.1) is 0 Å². The zero-order valence-corrected chi connectivity index (χ0v) is 12.7. The lowest BCUT2D eigenvalue weighted by atomic mass is 10.0. The van der Waals surface area contributed by atoms with Crippen LogP contribution in [0, 0.1) is 0 Å². The highest BCUT2D eigenvalue weighted by Crippen LogP contribution is 2.26. The molecule has 5 nitrogen and oxygen atoms in total.